The molecule has 4 rings (SSSR count). The highest BCUT2D eigenvalue weighted by Crippen LogP contribution is 2.26. The molecule has 0 saturated carbocycles. The zero-order valence-electron chi connectivity index (χ0n) is 14.3. The molecule has 3 heterocycles. The highest BCUT2D eigenvalue weighted by Gasteiger charge is 2.19. The number of hydrogen-bond donors (Lipinski definition) is 0. The van der Waals surface area contributed by atoms with Crippen molar-refractivity contribution >= 4 is 28.3 Å². The molecule has 1 aromatic carbocycles. The molecule has 0 amide bonds. The highest BCUT2D eigenvalue weighted by atomic mass is 35.5. The summed E-state index contributed by atoms with van der Waals surface area (Å²) in [7, 11) is 0. The van der Waals surface area contributed by atoms with Gasteiger partial charge in [0.15, 0.2) is 0 Å². The molecular weight excluding hydrogens is 346 g/mol. The number of anilines is 1. The number of hydrogen-bond acceptors (Lipinski definition) is 5. The molecule has 1 fully saturated rings. The van der Waals surface area contributed by atoms with Crippen LogP contribution in [0.1, 0.15) is 11.3 Å². The molecule has 1 aliphatic rings. The summed E-state index contributed by atoms with van der Waals surface area (Å²) in [5, 5.41) is 10.9. The molecule has 0 atom stereocenters. The second-order valence-electron chi connectivity index (χ2n) is 6.39. The van der Waals surface area contributed by atoms with Crippen LogP contribution >= 0.6 is 11.6 Å². The van der Waals surface area contributed by atoms with Crippen LogP contribution in [-0.4, -0.2) is 41.0 Å². The van der Waals surface area contributed by atoms with Crippen LogP contribution in [0.3, 0.4) is 0 Å². The summed E-state index contributed by atoms with van der Waals surface area (Å²) in [6.45, 7) is 4.51. The third kappa shape index (κ3) is 3.48. The first-order valence-electron chi connectivity index (χ1n) is 8.60. The number of piperazine rings is 1. The molecule has 2 aromatic heterocycles. The summed E-state index contributed by atoms with van der Waals surface area (Å²) >= 11 is 6.06. The third-order valence-corrected chi connectivity index (χ3v) is 4.92. The monoisotopic (exact) mass is 363 g/mol. The fourth-order valence-electron chi connectivity index (χ4n) is 3.29. The predicted octanol–water partition coefficient (Wildman–Crippen LogP) is 3.48. The van der Waals surface area contributed by atoms with Gasteiger partial charge in [0.1, 0.15) is 5.82 Å². The Hall–Kier alpha value is -2.68. The van der Waals surface area contributed by atoms with Crippen LogP contribution in [0.4, 0.5) is 5.82 Å². The minimum atomic E-state index is 0.614. The van der Waals surface area contributed by atoms with Gasteiger partial charge in [-0.2, -0.15) is 5.26 Å². The molecule has 0 spiro atoms. The fraction of sp³-hybridized carbons (Fsp3) is 0.250. The van der Waals surface area contributed by atoms with Gasteiger partial charge in [-0.1, -0.05) is 17.7 Å². The van der Waals surface area contributed by atoms with E-state index in [0.29, 0.717) is 10.6 Å². The standard InChI is InChI=1S/C20H18ClN5/c21-16-4-5-19-18(12-16)15(13-22)11-20(24-19)26-9-7-25(8-10-26)14-17-3-1-2-6-23-17/h1-6,11-12H,7-10,14H2. The van der Waals surface area contributed by atoms with Crippen LogP contribution < -0.4 is 4.90 Å². The van der Waals surface area contributed by atoms with Crippen LogP contribution in [0.2, 0.25) is 5.02 Å². The minimum Gasteiger partial charge on any atom is -0.354 e. The Morgan fingerprint density at radius 1 is 1.08 bits per heavy atom. The second kappa shape index (κ2) is 7.28. The van der Waals surface area contributed by atoms with Gasteiger partial charge >= 0.3 is 0 Å². The number of benzene rings is 1. The van der Waals surface area contributed by atoms with Gasteiger partial charge in [-0.25, -0.2) is 4.98 Å². The molecule has 26 heavy (non-hydrogen) atoms. The van der Waals surface area contributed by atoms with Crippen molar-refractivity contribution in [2.75, 3.05) is 31.1 Å². The molecule has 6 heteroatoms. The Kier molecular flexibility index (Phi) is 4.70. The summed E-state index contributed by atoms with van der Waals surface area (Å²) in [6.07, 6.45) is 1.83. The van der Waals surface area contributed by atoms with Crippen molar-refractivity contribution in [1.82, 2.24) is 14.9 Å². The first kappa shape index (κ1) is 16.8. The molecule has 130 valence electrons. The summed E-state index contributed by atoms with van der Waals surface area (Å²) < 4.78 is 0. The van der Waals surface area contributed by atoms with E-state index < -0.39 is 0 Å². The van der Waals surface area contributed by atoms with Crippen molar-refractivity contribution in [1.29, 1.82) is 5.26 Å². The van der Waals surface area contributed by atoms with Gasteiger partial charge in [0.2, 0.25) is 0 Å². The molecule has 1 saturated heterocycles. The Morgan fingerprint density at radius 3 is 2.65 bits per heavy atom. The predicted molar refractivity (Wildman–Crippen MR) is 103 cm³/mol. The van der Waals surface area contributed by atoms with E-state index in [9.17, 15) is 5.26 Å². The van der Waals surface area contributed by atoms with Crippen molar-refractivity contribution in [3.8, 4) is 6.07 Å². The summed E-state index contributed by atoms with van der Waals surface area (Å²) in [5.74, 6) is 0.855. The lowest BCUT2D eigenvalue weighted by Crippen LogP contribution is -2.46. The Labute approximate surface area is 157 Å². The lowest BCUT2D eigenvalue weighted by atomic mass is 10.1. The molecular formula is C20H18ClN5. The second-order valence-corrected chi connectivity index (χ2v) is 6.82. The lowest BCUT2D eigenvalue weighted by molar-refractivity contribution is 0.246. The van der Waals surface area contributed by atoms with Crippen LogP contribution in [0.5, 0.6) is 0 Å². The zero-order chi connectivity index (χ0) is 17.9. The third-order valence-electron chi connectivity index (χ3n) is 4.69. The number of pyridine rings is 2. The first-order chi connectivity index (χ1) is 12.7. The van der Waals surface area contributed by atoms with E-state index in [-0.39, 0.29) is 0 Å². The Bertz CT molecular complexity index is 959. The van der Waals surface area contributed by atoms with E-state index in [1.807, 2.05) is 36.5 Å². The summed E-state index contributed by atoms with van der Waals surface area (Å²) in [5.41, 5.74) is 2.51. The first-order valence-corrected chi connectivity index (χ1v) is 8.98. The van der Waals surface area contributed by atoms with Gasteiger partial charge in [-0.3, -0.25) is 9.88 Å². The van der Waals surface area contributed by atoms with Crippen molar-refractivity contribution < 1.29 is 0 Å². The van der Waals surface area contributed by atoms with E-state index in [0.717, 1.165) is 55.1 Å². The molecule has 0 bridgehead atoms. The van der Waals surface area contributed by atoms with Crippen molar-refractivity contribution in [3.05, 3.63) is 64.9 Å². The van der Waals surface area contributed by atoms with E-state index in [1.165, 1.54) is 0 Å². The minimum absolute atomic E-state index is 0.614. The highest BCUT2D eigenvalue weighted by molar-refractivity contribution is 6.31. The number of nitriles is 1. The van der Waals surface area contributed by atoms with Gasteiger partial charge in [-0.05, 0) is 36.4 Å². The molecule has 0 N–H and O–H groups in total. The van der Waals surface area contributed by atoms with E-state index >= 15 is 0 Å². The van der Waals surface area contributed by atoms with E-state index in [2.05, 4.69) is 26.9 Å². The molecule has 1 aliphatic heterocycles. The molecule has 0 unspecified atom stereocenters. The Balaban J connectivity index is 1.51. The van der Waals surface area contributed by atoms with E-state index in [4.69, 9.17) is 16.6 Å². The average molecular weight is 364 g/mol. The van der Waals surface area contributed by atoms with Gasteiger partial charge < -0.3 is 4.90 Å². The van der Waals surface area contributed by atoms with Crippen molar-refractivity contribution in [3.63, 3.8) is 0 Å². The average Bonchev–Trinajstić information content (AvgIpc) is 2.68. The molecule has 0 aliphatic carbocycles. The van der Waals surface area contributed by atoms with Gasteiger partial charge in [0.25, 0.3) is 0 Å². The lowest BCUT2D eigenvalue weighted by Gasteiger charge is -2.35. The summed E-state index contributed by atoms with van der Waals surface area (Å²) in [6, 6.07) is 15.6. The molecule has 0 radical (unpaired) electrons. The van der Waals surface area contributed by atoms with Crippen LogP contribution in [0.25, 0.3) is 10.9 Å². The molecule has 5 nitrogen and oxygen atoms in total. The maximum absolute atomic E-state index is 9.50. The van der Waals surface area contributed by atoms with Crippen LogP contribution in [0, 0.1) is 11.3 Å². The number of rotatable bonds is 3. The topological polar surface area (TPSA) is 56.1 Å². The van der Waals surface area contributed by atoms with Gasteiger partial charge in [0.05, 0.1) is 22.8 Å². The van der Waals surface area contributed by atoms with E-state index in [1.54, 1.807) is 6.07 Å². The largest absolute Gasteiger partial charge is 0.354 e. The number of halogens is 1. The smallest absolute Gasteiger partial charge is 0.130 e. The van der Waals surface area contributed by atoms with Crippen molar-refractivity contribution in [2.45, 2.75) is 6.54 Å². The number of aromatic nitrogens is 2. The quantitative estimate of drug-likeness (QED) is 0.713. The maximum atomic E-state index is 9.50. The SMILES string of the molecule is N#Cc1cc(N2CCN(Cc3ccccn3)CC2)nc2ccc(Cl)cc12. The van der Waals surface area contributed by atoms with Gasteiger partial charge in [-0.15, -0.1) is 0 Å². The number of nitrogens with zero attached hydrogens (tertiary/aromatic N) is 5. The van der Waals surface area contributed by atoms with Crippen LogP contribution in [-0.2, 0) is 6.54 Å². The fourth-order valence-corrected chi connectivity index (χ4v) is 3.47. The van der Waals surface area contributed by atoms with Crippen molar-refractivity contribution in [2.24, 2.45) is 0 Å². The zero-order valence-corrected chi connectivity index (χ0v) is 15.0. The summed E-state index contributed by atoms with van der Waals surface area (Å²) in [4.78, 5) is 13.8. The molecule has 3 aromatic rings. The van der Waals surface area contributed by atoms with Gasteiger partial charge in [0, 0.05) is 49.3 Å². The van der Waals surface area contributed by atoms with Crippen LogP contribution in [0.15, 0.2) is 48.7 Å². The maximum Gasteiger partial charge on any atom is 0.130 e. The Morgan fingerprint density at radius 2 is 1.92 bits per heavy atom. The number of fused-ring (bicyclic) bond motifs is 1. The normalized spacial score (nSPS) is 15.2.